The molecule has 6 heteroatoms. The number of aromatic nitrogens is 2. The van der Waals surface area contributed by atoms with E-state index in [0.29, 0.717) is 19.8 Å². The normalized spacial score (nSPS) is 26.3. The lowest BCUT2D eigenvalue weighted by Gasteiger charge is -2.44. The van der Waals surface area contributed by atoms with Crippen LogP contribution in [0, 0.1) is 0 Å². The van der Waals surface area contributed by atoms with Crippen molar-refractivity contribution in [2.75, 3.05) is 24.7 Å². The van der Waals surface area contributed by atoms with Crippen molar-refractivity contribution in [2.24, 2.45) is 0 Å². The quantitative estimate of drug-likeness (QED) is 0.726. The average molecular weight is 270 g/mol. The second-order valence-corrected chi connectivity index (χ2v) is 5.04. The molecule has 0 bridgehead atoms. The van der Waals surface area contributed by atoms with Gasteiger partial charge in [-0.25, -0.2) is 4.98 Å². The molecule has 1 saturated heterocycles. The molecule has 0 N–H and O–H groups in total. The van der Waals surface area contributed by atoms with Crippen LogP contribution in [0.25, 0.3) is 0 Å². The maximum atomic E-state index is 6.00. The predicted molar refractivity (Wildman–Crippen MR) is 68.5 cm³/mol. The number of hydrogen-bond donors (Lipinski definition) is 0. The number of rotatable bonds is 1. The second-order valence-electron chi connectivity index (χ2n) is 4.70. The number of morpholine rings is 1. The first kappa shape index (κ1) is 12.0. The average Bonchev–Trinajstić information content (AvgIpc) is 2.37. The van der Waals surface area contributed by atoms with Gasteiger partial charge in [-0.2, -0.15) is 4.98 Å². The molecule has 2 aliphatic heterocycles. The molecule has 3 heterocycles. The molecule has 1 aromatic rings. The summed E-state index contributed by atoms with van der Waals surface area (Å²) in [6.45, 7) is 6.17. The zero-order valence-corrected chi connectivity index (χ0v) is 11.3. The molecule has 1 fully saturated rings. The molecule has 2 aliphatic rings. The van der Waals surface area contributed by atoms with Gasteiger partial charge < -0.3 is 14.4 Å². The van der Waals surface area contributed by atoms with E-state index in [1.165, 1.54) is 0 Å². The van der Waals surface area contributed by atoms with Crippen molar-refractivity contribution in [1.82, 2.24) is 9.97 Å². The summed E-state index contributed by atoms with van der Waals surface area (Å²) in [5, 5.41) is 0.286. The van der Waals surface area contributed by atoms with Crippen molar-refractivity contribution < 1.29 is 9.47 Å². The zero-order valence-electron chi connectivity index (χ0n) is 10.5. The molecule has 98 valence electrons. The van der Waals surface area contributed by atoms with Gasteiger partial charge in [0, 0.05) is 0 Å². The Balaban J connectivity index is 2.09. The lowest BCUT2D eigenvalue weighted by Crippen LogP contribution is -2.56. The fraction of sp³-hybridized carbons (Fsp3) is 0.667. The molecule has 0 aliphatic carbocycles. The standard InChI is InChI=1S/C12H16ClN3O2/c1-3-9-10-11(15-12(13)14-9)16-7(2)4-17-5-8(16)6-18-10/h7-8H,3-6H2,1-2H3/t7-,8?/m1/s1. The molecule has 0 spiro atoms. The highest BCUT2D eigenvalue weighted by molar-refractivity contribution is 6.28. The molecule has 18 heavy (non-hydrogen) atoms. The van der Waals surface area contributed by atoms with Crippen LogP contribution in [0.15, 0.2) is 0 Å². The summed E-state index contributed by atoms with van der Waals surface area (Å²) in [4.78, 5) is 10.9. The third kappa shape index (κ3) is 1.82. The van der Waals surface area contributed by atoms with Crippen LogP contribution >= 0.6 is 11.6 Å². The minimum Gasteiger partial charge on any atom is -0.486 e. The minimum absolute atomic E-state index is 0.219. The second kappa shape index (κ2) is 4.55. The van der Waals surface area contributed by atoms with Crippen LogP contribution in [-0.4, -0.2) is 41.9 Å². The zero-order chi connectivity index (χ0) is 12.7. The lowest BCUT2D eigenvalue weighted by molar-refractivity contribution is 0.0483. The van der Waals surface area contributed by atoms with Gasteiger partial charge in [-0.05, 0) is 24.9 Å². The number of fused-ring (bicyclic) bond motifs is 3. The van der Waals surface area contributed by atoms with E-state index >= 15 is 0 Å². The summed E-state index contributed by atoms with van der Waals surface area (Å²) in [5.74, 6) is 1.60. The van der Waals surface area contributed by atoms with Crippen LogP contribution in [-0.2, 0) is 11.2 Å². The van der Waals surface area contributed by atoms with Gasteiger partial charge in [-0.3, -0.25) is 0 Å². The van der Waals surface area contributed by atoms with Gasteiger partial charge >= 0.3 is 0 Å². The number of nitrogens with zero attached hydrogens (tertiary/aromatic N) is 3. The van der Waals surface area contributed by atoms with Crippen molar-refractivity contribution in [3.63, 3.8) is 0 Å². The third-order valence-electron chi connectivity index (χ3n) is 3.43. The molecular formula is C12H16ClN3O2. The minimum atomic E-state index is 0.219. The topological polar surface area (TPSA) is 47.5 Å². The number of anilines is 1. The fourth-order valence-electron chi connectivity index (χ4n) is 2.60. The highest BCUT2D eigenvalue weighted by Gasteiger charge is 2.37. The Bertz CT molecular complexity index is 469. The molecule has 0 amide bonds. The molecule has 0 aromatic carbocycles. The van der Waals surface area contributed by atoms with Crippen LogP contribution in [0.5, 0.6) is 5.75 Å². The van der Waals surface area contributed by atoms with E-state index in [4.69, 9.17) is 21.1 Å². The largest absolute Gasteiger partial charge is 0.486 e. The molecule has 1 aromatic heterocycles. The predicted octanol–water partition coefficient (Wildman–Crippen LogP) is 1.68. The van der Waals surface area contributed by atoms with Gasteiger partial charge in [-0.1, -0.05) is 6.92 Å². The molecule has 5 nitrogen and oxygen atoms in total. The molecule has 3 rings (SSSR count). The Kier molecular flexibility index (Phi) is 3.03. The Morgan fingerprint density at radius 3 is 2.94 bits per heavy atom. The summed E-state index contributed by atoms with van der Waals surface area (Å²) in [7, 11) is 0. The maximum absolute atomic E-state index is 6.00. The third-order valence-corrected chi connectivity index (χ3v) is 3.60. The first-order valence-electron chi connectivity index (χ1n) is 6.26. The van der Waals surface area contributed by atoms with Crippen LogP contribution in [0.4, 0.5) is 5.82 Å². The molecular weight excluding hydrogens is 254 g/mol. The Morgan fingerprint density at radius 2 is 2.17 bits per heavy atom. The summed E-state index contributed by atoms with van der Waals surface area (Å²) in [6, 6.07) is 0.499. The maximum Gasteiger partial charge on any atom is 0.224 e. The van der Waals surface area contributed by atoms with Crippen molar-refractivity contribution in [1.29, 1.82) is 0 Å². The number of ether oxygens (including phenoxy) is 2. The first-order chi connectivity index (χ1) is 8.70. The Labute approximate surface area is 111 Å². The van der Waals surface area contributed by atoms with Crippen LogP contribution < -0.4 is 9.64 Å². The van der Waals surface area contributed by atoms with Gasteiger partial charge in [0.25, 0.3) is 0 Å². The van der Waals surface area contributed by atoms with Crippen molar-refractivity contribution >= 4 is 17.4 Å². The van der Waals surface area contributed by atoms with Gasteiger partial charge in [-0.15, -0.1) is 0 Å². The van der Waals surface area contributed by atoms with E-state index in [0.717, 1.165) is 23.7 Å². The van der Waals surface area contributed by atoms with E-state index in [9.17, 15) is 0 Å². The first-order valence-corrected chi connectivity index (χ1v) is 6.63. The lowest BCUT2D eigenvalue weighted by atomic mass is 10.1. The van der Waals surface area contributed by atoms with Crippen molar-refractivity contribution in [3.05, 3.63) is 11.0 Å². The van der Waals surface area contributed by atoms with E-state index in [2.05, 4.69) is 21.8 Å². The fourth-order valence-corrected chi connectivity index (χ4v) is 2.78. The SMILES string of the molecule is CCc1nc(Cl)nc2c1OCC1COC[C@@H](C)N21. The highest BCUT2D eigenvalue weighted by Crippen LogP contribution is 2.38. The molecule has 2 atom stereocenters. The van der Waals surface area contributed by atoms with E-state index in [-0.39, 0.29) is 17.4 Å². The van der Waals surface area contributed by atoms with E-state index in [1.54, 1.807) is 0 Å². The highest BCUT2D eigenvalue weighted by atomic mass is 35.5. The smallest absolute Gasteiger partial charge is 0.224 e. The number of hydrogen-bond acceptors (Lipinski definition) is 5. The van der Waals surface area contributed by atoms with Crippen LogP contribution in [0.1, 0.15) is 19.5 Å². The molecule has 0 radical (unpaired) electrons. The summed E-state index contributed by atoms with van der Waals surface area (Å²) < 4.78 is 11.4. The Hall–Kier alpha value is -1.07. The van der Waals surface area contributed by atoms with Gasteiger partial charge in [0.1, 0.15) is 6.61 Å². The monoisotopic (exact) mass is 269 g/mol. The van der Waals surface area contributed by atoms with E-state index < -0.39 is 0 Å². The van der Waals surface area contributed by atoms with Crippen LogP contribution in [0.3, 0.4) is 0 Å². The van der Waals surface area contributed by atoms with E-state index in [1.807, 2.05) is 6.92 Å². The van der Waals surface area contributed by atoms with Crippen LogP contribution in [0.2, 0.25) is 5.28 Å². The summed E-state index contributed by atoms with van der Waals surface area (Å²) in [6.07, 6.45) is 0.786. The number of aryl methyl sites for hydroxylation is 1. The summed E-state index contributed by atoms with van der Waals surface area (Å²) >= 11 is 6.00. The Morgan fingerprint density at radius 1 is 1.33 bits per heavy atom. The van der Waals surface area contributed by atoms with Gasteiger partial charge in [0.15, 0.2) is 11.6 Å². The number of halogens is 1. The van der Waals surface area contributed by atoms with Gasteiger partial charge in [0.2, 0.25) is 5.28 Å². The van der Waals surface area contributed by atoms with Crippen molar-refractivity contribution in [2.45, 2.75) is 32.4 Å². The molecule has 0 saturated carbocycles. The molecule has 1 unspecified atom stereocenters. The van der Waals surface area contributed by atoms with Gasteiger partial charge in [0.05, 0.1) is 31.0 Å². The van der Waals surface area contributed by atoms with Crippen molar-refractivity contribution in [3.8, 4) is 5.75 Å². The summed E-state index contributed by atoms with van der Waals surface area (Å²) in [5.41, 5.74) is 0.877.